The Balaban J connectivity index is 2.51. The Kier molecular flexibility index (Phi) is 8.02. The molecule has 5 heteroatoms. The summed E-state index contributed by atoms with van der Waals surface area (Å²) >= 11 is 0. The number of rotatable bonds is 7. The quantitative estimate of drug-likeness (QED) is 0.702. The smallest absolute Gasteiger partial charge is 0.324 e. The molecule has 1 N–H and O–H groups in total. The summed E-state index contributed by atoms with van der Waals surface area (Å²) in [7, 11) is 0. The summed E-state index contributed by atoms with van der Waals surface area (Å²) < 4.78 is 10.8. The van der Waals surface area contributed by atoms with Gasteiger partial charge in [-0.15, -0.1) is 0 Å². The van der Waals surface area contributed by atoms with Crippen LogP contribution in [0.5, 0.6) is 0 Å². The molecule has 0 aromatic heterocycles. The van der Waals surface area contributed by atoms with E-state index in [0.717, 1.165) is 39.1 Å². The zero-order chi connectivity index (χ0) is 14.1. The van der Waals surface area contributed by atoms with Gasteiger partial charge in [0.1, 0.15) is 6.04 Å². The molecular formula is C14H28N2O3. The molecule has 0 saturated carbocycles. The first kappa shape index (κ1) is 16.4. The van der Waals surface area contributed by atoms with E-state index in [1.807, 2.05) is 6.92 Å². The molecule has 0 bridgehead atoms. The second kappa shape index (κ2) is 9.28. The SMILES string of the molecule is CCCNC(CN1CCCOC(C)C1)C(=O)OCC. The number of carbonyl (C=O) groups is 1. The Morgan fingerprint density at radius 2 is 2.32 bits per heavy atom. The number of hydrogen-bond acceptors (Lipinski definition) is 5. The van der Waals surface area contributed by atoms with E-state index in [4.69, 9.17) is 9.47 Å². The molecule has 0 aliphatic carbocycles. The van der Waals surface area contributed by atoms with Gasteiger partial charge in [-0.3, -0.25) is 9.69 Å². The van der Waals surface area contributed by atoms with Gasteiger partial charge in [0.05, 0.1) is 12.7 Å². The van der Waals surface area contributed by atoms with Gasteiger partial charge in [-0.1, -0.05) is 6.92 Å². The van der Waals surface area contributed by atoms with Gasteiger partial charge in [-0.2, -0.15) is 0 Å². The lowest BCUT2D eigenvalue weighted by molar-refractivity contribution is -0.146. The van der Waals surface area contributed by atoms with E-state index in [1.165, 1.54) is 0 Å². The minimum Gasteiger partial charge on any atom is -0.465 e. The third-order valence-electron chi connectivity index (χ3n) is 3.19. The van der Waals surface area contributed by atoms with Crippen LogP contribution in [0.3, 0.4) is 0 Å². The lowest BCUT2D eigenvalue weighted by Gasteiger charge is -2.26. The van der Waals surface area contributed by atoms with Crippen molar-refractivity contribution in [1.29, 1.82) is 0 Å². The van der Waals surface area contributed by atoms with Gasteiger partial charge in [-0.25, -0.2) is 0 Å². The van der Waals surface area contributed by atoms with Crippen LogP contribution in [0.1, 0.15) is 33.6 Å². The average molecular weight is 272 g/mol. The van der Waals surface area contributed by atoms with Gasteiger partial charge in [-0.05, 0) is 33.2 Å². The minimum absolute atomic E-state index is 0.145. The van der Waals surface area contributed by atoms with Crippen molar-refractivity contribution < 1.29 is 14.3 Å². The average Bonchev–Trinajstić information content (AvgIpc) is 2.59. The Labute approximate surface area is 116 Å². The monoisotopic (exact) mass is 272 g/mol. The predicted octanol–water partition coefficient (Wildman–Crippen LogP) is 1.03. The first-order chi connectivity index (χ1) is 9.17. The van der Waals surface area contributed by atoms with E-state index in [9.17, 15) is 4.79 Å². The molecule has 5 nitrogen and oxygen atoms in total. The molecular weight excluding hydrogens is 244 g/mol. The molecule has 1 rings (SSSR count). The normalized spacial score (nSPS) is 22.8. The minimum atomic E-state index is -0.231. The third-order valence-corrected chi connectivity index (χ3v) is 3.19. The van der Waals surface area contributed by atoms with Crippen molar-refractivity contribution in [1.82, 2.24) is 10.2 Å². The van der Waals surface area contributed by atoms with Crippen molar-refractivity contribution in [3.05, 3.63) is 0 Å². The second-order valence-electron chi connectivity index (χ2n) is 5.05. The summed E-state index contributed by atoms with van der Waals surface area (Å²) in [6.45, 7) is 10.7. The summed E-state index contributed by atoms with van der Waals surface area (Å²) in [6.07, 6.45) is 2.26. The first-order valence-corrected chi connectivity index (χ1v) is 7.41. The molecule has 1 aliphatic rings. The molecule has 1 saturated heterocycles. The van der Waals surface area contributed by atoms with Gasteiger partial charge in [0.2, 0.25) is 0 Å². The van der Waals surface area contributed by atoms with E-state index in [2.05, 4.69) is 24.1 Å². The van der Waals surface area contributed by atoms with Crippen molar-refractivity contribution in [3.8, 4) is 0 Å². The Morgan fingerprint density at radius 1 is 1.53 bits per heavy atom. The van der Waals surface area contributed by atoms with Crippen LogP contribution in [0.15, 0.2) is 0 Å². The maximum Gasteiger partial charge on any atom is 0.324 e. The fourth-order valence-electron chi connectivity index (χ4n) is 2.29. The summed E-state index contributed by atoms with van der Waals surface area (Å²) in [5.74, 6) is -0.145. The van der Waals surface area contributed by atoms with Gasteiger partial charge < -0.3 is 14.8 Å². The molecule has 2 atom stereocenters. The topological polar surface area (TPSA) is 50.8 Å². The van der Waals surface area contributed by atoms with Crippen molar-refractivity contribution in [2.45, 2.75) is 45.8 Å². The Morgan fingerprint density at radius 3 is 3.00 bits per heavy atom. The molecule has 0 spiro atoms. The fourth-order valence-corrected chi connectivity index (χ4v) is 2.29. The number of nitrogens with zero attached hydrogens (tertiary/aromatic N) is 1. The number of hydrogen-bond donors (Lipinski definition) is 1. The van der Waals surface area contributed by atoms with E-state index >= 15 is 0 Å². The van der Waals surface area contributed by atoms with Crippen molar-refractivity contribution in [2.24, 2.45) is 0 Å². The van der Waals surface area contributed by atoms with Crippen LogP contribution >= 0.6 is 0 Å². The van der Waals surface area contributed by atoms with Gasteiger partial charge in [0.25, 0.3) is 0 Å². The summed E-state index contributed by atoms with van der Waals surface area (Å²) in [5.41, 5.74) is 0. The lowest BCUT2D eigenvalue weighted by Crippen LogP contribution is -2.48. The van der Waals surface area contributed by atoms with Crippen LogP contribution < -0.4 is 5.32 Å². The van der Waals surface area contributed by atoms with Gasteiger partial charge >= 0.3 is 5.97 Å². The zero-order valence-corrected chi connectivity index (χ0v) is 12.5. The lowest BCUT2D eigenvalue weighted by atomic mass is 10.2. The van der Waals surface area contributed by atoms with Crippen LogP contribution in [0.25, 0.3) is 0 Å². The number of ether oxygens (including phenoxy) is 2. The molecule has 112 valence electrons. The molecule has 1 aliphatic heterocycles. The summed E-state index contributed by atoms with van der Waals surface area (Å²) in [5, 5.41) is 3.28. The molecule has 1 fully saturated rings. The van der Waals surface area contributed by atoms with Crippen LogP contribution in [-0.4, -0.2) is 62.4 Å². The van der Waals surface area contributed by atoms with E-state index in [1.54, 1.807) is 0 Å². The maximum absolute atomic E-state index is 11.9. The molecule has 0 aromatic carbocycles. The van der Waals surface area contributed by atoms with Crippen LogP contribution in [0, 0.1) is 0 Å². The number of nitrogens with one attached hydrogen (secondary N) is 1. The molecule has 2 unspecified atom stereocenters. The second-order valence-corrected chi connectivity index (χ2v) is 5.05. The van der Waals surface area contributed by atoms with E-state index in [0.29, 0.717) is 13.2 Å². The molecule has 0 amide bonds. The highest BCUT2D eigenvalue weighted by molar-refractivity contribution is 5.76. The van der Waals surface area contributed by atoms with Crippen LogP contribution in [-0.2, 0) is 14.3 Å². The molecule has 0 aromatic rings. The number of esters is 1. The van der Waals surface area contributed by atoms with Crippen LogP contribution in [0.2, 0.25) is 0 Å². The van der Waals surface area contributed by atoms with Crippen molar-refractivity contribution in [2.75, 3.05) is 39.4 Å². The maximum atomic E-state index is 11.9. The van der Waals surface area contributed by atoms with E-state index in [-0.39, 0.29) is 18.1 Å². The van der Waals surface area contributed by atoms with E-state index < -0.39 is 0 Å². The molecule has 19 heavy (non-hydrogen) atoms. The van der Waals surface area contributed by atoms with Crippen molar-refractivity contribution >= 4 is 5.97 Å². The predicted molar refractivity (Wildman–Crippen MR) is 75.2 cm³/mol. The Hall–Kier alpha value is -0.650. The fraction of sp³-hybridized carbons (Fsp3) is 0.929. The molecule has 0 radical (unpaired) electrons. The summed E-state index contributed by atoms with van der Waals surface area (Å²) in [6, 6.07) is -0.231. The standard InChI is InChI=1S/C14H28N2O3/c1-4-7-15-13(14(17)18-5-2)11-16-8-6-9-19-12(3)10-16/h12-13,15H,4-11H2,1-3H3. The highest BCUT2D eigenvalue weighted by Gasteiger charge is 2.24. The highest BCUT2D eigenvalue weighted by Crippen LogP contribution is 2.06. The largest absolute Gasteiger partial charge is 0.465 e. The highest BCUT2D eigenvalue weighted by atomic mass is 16.5. The first-order valence-electron chi connectivity index (χ1n) is 7.41. The molecule has 1 heterocycles. The third kappa shape index (κ3) is 6.36. The zero-order valence-electron chi connectivity index (χ0n) is 12.5. The Bertz CT molecular complexity index is 261. The summed E-state index contributed by atoms with van der Waals surface area (Å²) in [4.78, 5) is 14.2. The van der Waals surface area contributed by atoms with Gasteiger partial charge in [0.15, 0.2) is 0 Å². The van der Waals surface area contributed by atoms with Crippen LogP contribution in [0.4, 0.5) is 0 Å². The van der Waals surface area contributed by atoms with Crippen molar-refractivity contribution in [3.63, 3.8) is 0 Å². The number of carbonyl (C=O) groups excluding carboxylic acids is 1. The van der Waals surface area contributed by atoms with Gasteiger partial charge in [0, 0.05) is 26.2 Å².